The fourth-order valence-corrected chi connectivity index (χ4v) is 2.73. The molecule has 0 aromatic carbocycles. The van der Waals surface area contributed by atoms with Gasteiger partial charge in [0, 0.05) is 13.6 Å². The summed E-state index contributed by atoms with van der Waals surface area (Å²) in [7, 11) is 1.66. The van der Waals surface area contributed by atoms with E-state index in [0.717, 1.165) is 19.3 Å². The van der Waals surface area contributed by atoms with Gasteiger partial charge in [-0.1, -0.05) is 12.8 Å². The maximum Gasteiger partial charge on any atom is 0.317 e. The van der Waals surface area contributed by atoms with Gasteiger partial charge in [0.15, 0.2) is 0 Å². The molecule has 1 fully saturated rings. The van der Waals surface area contributed by atoms with E-state index in [0.29, 0.717) is 25.3 Å². The summed E-state index contributed by atoms with van der Waals surface area (Å²) in [4.78, 5) is 28.6. The minimum Gasteiger partial charge on any atom is -0.481 e. The highest BCUT2D eigenvalue weighted by Gasteiger charge is 2.31. The van der Waals surface area contributed by atoms with E-state index in [4.69, 9.17) is 0 Å². The molecule has 0 radical (unpaired) electrons. The minimum atomic E-state index is -0.760. The largest absolute Gasteiger partial charge is 0.481 e. The summed E-state index contributed by atoms with van der Waals surface area (Å²) in [5, 5.41) is 18.4. The first-order valence-corrected chi connectivity index (χ1v) is 7.14. The second-order valence-electron chi connectivity index (χ2n) is 5.46. The molecule has 21 heavy (non-hydrogen) atoms. The first kappa shape index (κ1) is 15.3. The summed E-state index contributed by atoms with van der Waals surface area (Å²) in [6.45, 7) is 0.732. The number of amides is 2. The lowest BCUT2D eigenvalue weighted by Gasteiger charge is -2.29. The van der Waals surface area contributed by atoms with Crippen LogP contribution in [0.4, 0.5) is 4.79 Å². The van der Waals surface area contributed by atoms with Crippen LogP contribution in [0.15, 0.2) is 6.33 Å². The molecule has 116 valence electrons. The van der Waals surface area contributed by atoms with E-state index in [1.165, 1.54) is 11.2 Å². The molecule has 8 nitrogen and oxygen atoms in total. The van der Waals surface area contributed by atoms with Crippen LogP contribution in [0.25, 0.3) is 0 Å². The van der Waals surface area contributed by atoms with Crippen molar-refractivity contribution in [2.24, 2.45) is 11.8 Å². The van der Waals surface area contributed by atoms with Gasteiger partial charge in [-0.05, 0) is 18.8 Å². The maximum atomic E-state index is 12.0. The average Bonchev–Trinajstić information content (AvgIpc) is 2.97. The Balaban J connectivity index is 1.80. The number of carbonyl (C=O) groups excluding carboxylic acids is 1. The van der Waals surface area contributed by atoms with Crippen molar-refractivity contribution in [3.05, 3.63) is 12.2 Å². The van der Waals surface area contributed by atoms with E-state index in [1.807, 2.05) is 0 Å². The minimum absolute atomic E-state index is 0.0129. The van der Waals surface area contributed by atoms with Crippen LogP contribution in [0.1, 0.15) is 31.5 Å². The number of H-pyrrole nitrogens is 1. The van der Waals surface area contributed by atoms with Crippen LogP contribution in [0.2, 0.25) is 0 Å². The molecule has 0 bridgehead atoms. The molecule has 0 spiro atoms. The molecule has 1 aliphatic rings. The van der Waals surface area contributed by atoms with Crippen LogP contribution in [-0.4, -0.2) is 50.8 Å². The third kappa shape index (κ3) is 4.17. The number of aromatic amines is 1. The number of nitrogens with zero attached hydrogens (tertiary/aromatic N) is 3. The average molecular weight is 295 g/mol. The number of aromatic nitrogens is 3. The lowest BCUT2D eigenvalue weighted by molar-refractivity contribution is -0.144. The van der Waals surface area contributed by atoms with Gasteiger partial charge in [-0.2, -0.15) is 5.10 Å². The van der Waals surface area contributed by atoms with Crippen molar-refractivity contribution in [2.75, 3.05) is 13.6 Å². The van der Waals surface area contributed by atoms with Crippen LogP contribution >= 0.6 is 0 Å². The van der Waals surface area contributed by atoms with Crippen LogP contribution in [0.3, 0.4) is 0 Å². The molecule has 1 saturated carbocycles. The van der Waals surface area contributed by atoms with E-state index in [9.17, 15) is 14.7 Å². The second-order valence-corrected chi connectivity index (χ2v) is 5.46. The Kier molecular flexibility index (Phi) is 5.13. The van der Waals surface area contributed by atoms with Gasteiger partial charge < -0.3 is 15.3 Å². The van der Waals surface area contributed by atoms with Gasteiger partial charge in [0.1, 0.15) is 12.2 Å². The van der Waals surface area contributed by atoms with Crippen molar-refractivity contribution in [1.82, 2.24) is 25.4 Å². The van der Waals surface area contributed by atoms with Crippen LogP contribution in [-0.2, 0) is 11.3 Å². The number of carboxylic acids is 1. The Morgan fingerprint density at radius 1 is 1.48 bits per heavy atom. The Bertz CT molecular complexity index is 476. The van der Waals surface area contributed by atoms with Crippen molar-refractivity contribution >= 4 is 12.0 Å². The Hall–Kier alpha value is -2.12. The normalized spacial score (nSPS) is 21.8. The topological polar surface area (TPSA) is 111 Å². The lowest BCUT2D eigenvalue weighted by Crippen LogP contribution is -2.42. The number of nitrogens with one attached hydrogen (secondary N) is 2. The second kappa shape index (κ2) is 7.05. The molecule has 1 heterocycles. The Morgan fingerprint density at radius 2 is 2.24 bits per heavy atom. The highest BCUT2D eigenvalue weighted by Crippen LogP contribution is 2.29. The van der Waals surface area contributed by atoms with Crippen molar-refractivity contribution in [1.29, 1.82) is 0 Å². The summed E-state index contributed by atoms with van der Waals surface area (Å²) < 4.78 is 0. The van der Waals surface area contributed by atoms with Gasteiger partial charge in [0.05, 0.1) is 12.5 Å². The van der Waals surface area contributed by atoms with Gasteiger partial charge >= 0.3 is 12.0 Å². The fraction of sp³-hybridized carbons (Fsp3) is 0.692. The van der Waals surface area contributed by atoms with E-state index in [1.54, 1.807) is 7.05 Å². The monoisotopic (exact) mass is 295 g/mol. The number of urea groups is 1. The smallest absolute Gasteiger partial charge is 0.317 e. The van der Waals surface area contributed by atoms with Gasteiger partial charge in [0.2, 0.25) is 0 Å². The number of aliphatic carboxylic acids is 1. The Labute approximate surface area is 122 Å². The zero-order valence-electron chi connectivity index (χ0n) is 12.1. The number of carboxylic acid groups (broad SMARTS) is 1. The highest BCUT2D eigenvalue weighted by molar-refractivity contribution is 5.74. The SMILES string of the molecule is CN(Cc1ncn[nH]1)C(=O)NCC1CCCCC1C(=O)O. The molecule has 1 aliphatic carbocycles. The van der Waals surface area contributed by atoms with Gasteiger partial charge in [0.25, 0.3) is 0 Å². The first-order valence-electron chi connectivity index (χ1n) is 7.14. The summed E-state index contributed by atoms with van der Waals surface area (Å²) in [6, 6.07) is -0.235. The molecule has 1 aromatic heterocycles. The predicted molar refractivity (Wildman–Crippen MR) is 74.3 cm³/mol. The van der Waals surface area contributed by atoms with E-state index >= 15 is 0 Å². The van der Waals surface area contributed by atoms with E-state index in [2.05, 4.69) is 20.5 Å². The maximum absolute atomic E-state index is 12.0. The summed E-state index contributed by atoms with van der Waals surface area (Å²) in [5.41, 5.74) is 0. The van der Waals surface area contributed by atoms with Crippen LogP contribution in [0.5, 0.6) is 0 Å². The lowest BCUT2D eigenvalue weighted by atomic mass is 9.79. The summed E-state index contributed by atoms with van der Waals surface area (Å²) >= 11 is 0. The number of carbonyl (C=O) groups is 2. The van der Waals surface area contributed by atoms with Gasteiger partial charge in [-0.25, -0.2) is 9.78 Å². The van der Waals surface area contributed by atoms with Crippen LogP contribution < -0.4 is 5.32 Å². The molecular formula is C13H21N5O3. The number of rotatable bonds is 5. The molecule has 0 saturated heterocycles. The fourth-order valence-electron chi connectivity index (χ4n) is 2.73. The first-order chi connectivity index (χ1) is 10.1. The van der Waals surface area contributed by atoms with Crippen molar-refractivity contribution in [3.8, 4) is 0 Å². The molecule has 2 amide bonds. The molecule has 1 aromatic rings. The molecule has 0 aliphatic heterocycles. The molecule has 2 atom stereocenters. The zero-order chi connectivity index (χ0) is 15.2. The summed E-state index contributed by atoms with van der Waals surface area (Å²) in [5.74, 6) is -0.491. The van der Waals surface area contributed by atoms with Gasteiger partial charge in [-0.3, -0.25) is 9.89 Å². The molecule has 3 N–H and O–H groups in total. The predicted octanol–water partition coefficient (Wildman–Crippen LogP) is 0.837. The van der Waals surface area contributed by atoms with E-state index < -0.39 is 5.97 Å². The molecule has 8 heteroatoms. The summed E-state index contributed by atoms with van der Waals surface area (Å²) in [6.07, 6.45) is 4.92. The van der Waals surface area contributed by atoms with Gasteiger partial charge in [-0.15, -0.1) is 0 Å². The number of hydrogen-bond acceptors (Lipinski definition) is 4. The quantitative estimate of drug-likeness (QED) is 0.745. The zero-order valence-corrected chi connectivity index (χ0v) is 12.1. The van der Waals surface area contributed by atoms with Crippen molar-refractivity contribution in [3.63, 3.8) is 0 Å². The van der Waals surface area contributed by atoms with Crippen molar-refractivity contribution < 1.29 is 14.7 Å². The van der Waals surface area contributed by atoms with Crippen molar-refractivity contribution in [2.45, 2.75) is 32.2 Å². The standard InChI is InChI=1S/C13H21N5O3/c1-18(7-11-15-8-16-17-11)13(21)14-6-9-4-2-3-5-10(9)12(19)20/h8-10H,2-7H2,1H3,(H,14,21)(H,19,20)(H,15,16,17). The molecule has 2 rings (SSSR count). The van der Waals surface area contributed by atoms with E-state index in [-0.39, 0.29) is 17.9 Å². The third-order valence-electron chi connectivity index (χ3n) is 3.94. The third-order valence-corrected chi connectivity index (χ3v) is 3.94. The Morgan fingerprint density at radius 3 is 2.90 bits per heavy atom. The molecular weight excluding hydrogens is 274 g/mol. The highest BCUT2D eigenvalue weighted by atomic mass is 16.4. The number of hydrogen-bond donors (Lipinski definition) is 3. The van der Waals surface area contributed by atoms with Crippen LogP contribution in [0, 0.1) is 11.8 Å². The molecule has 2 unspecified atom stereocenters.